The van der Waals surface area contributed by atoms with Crippen LogP contribution >= 0.6 is 0 Å². The van der Waals surface area contributed by atoms with Crippen molar-refractivity contribution in [2.75, 3.05) is 32.7 Å². The number of unbranched alkanes of at least 4 members (excludes halogenated alkanes) is 1. The molecule has 0 radical (unpaired) electrons. The van der Waals surface area contributed by atoms with E-state index in [1.165, 1.54) is 10.5 Å². The number of hydrogen-bond donors (Lipinski definition) is 7. The van der Waals surface area contributed by atoms with Gasteiger partial charge in [0.15, 0.2) is 0 Å². The number of carboxylic acids is 1. The highest BCUT2D eigenvalue weighted by Crippen LogP contribution is 2.22. The van der Waals surface area contributed by atoms with Crippen LogP contribution in [0.15, 0.2) is 60.7 Å². The third kappa shape index (κ3) is 15.3. The second kappa shape index (κ2) is 22.7. The summed E-state index contributed by atoms with van der Waals surface area (Å²) in [5.41, 5.74) is 12.7. The van der Waals surface area contributed by atoms with Gasteiger partial charge in [0.25, 0.3) is 0 Å². The van der Waals surface area contributed by atoms with Crippen molar-refractivity contribution in [2.24, 2.45) is 17.4 Å². The van der Waals surface area contributed by atoms with Gasteiger partial charge in [-0.25, -0.2) is 0 Å². The first kappa shape index (κ1) is 44.8. The lowest BCUT2D eigenvalue weighted by Gasteiger charge is -2.38. The van der Waals surface area contributed by atoms with Gasteiger partial charge in [0.05, 0.1) is 0 Å². The molecular weight excluding hydrogens is 674 g/mol. The minimum absolute atomic E-state index is 0.0461. The molecule has 1 aliphatic heterocycles. The first-order valence-electron chi connectivity index (χ1n) is 18.8. The molecule has 13 heteroatoms. The summed E-state index contributed by atoms with van der Waals surface area (Å²) in [6.45, 7) is 13.3. The number of nitrogens with one attached hydrogen (secondary N) is 4. The van der Waals surface area contributed by atoms with Crippen LogP contribution in [-0.4, -0.2) is 96.5 Å². The van der Waals surface area contributed by atoms with Gasteiger partial charge in [0.2, 0.25) is 24.1 Å². The highest BCUT2D eigenvalue weighted by molar-refractivity contribution is 5.93. The molecule has 1 aliphatic rings. The van der Waals surface area contributed by atoms with Gasteiger partial charge in [-0.1, -0.05) is 95.3 Å². The minimum atomic E-state index is -1.38. The average molecular weight is 738 g/mol. The molecule has 9 N–H and O–H groups in total. The molecule has 1 fully saturated rings. The van der Waals surface area contributed by atoms with Crippen LogP contribution in [0.1, 0.15) is 84.3 Å². The summed E-state index contributed by atoms with van der Waals surface area (Å²) in [6.07, 6.45) is 2.84. The molecule has 2 aromatic carbocycles. The lowest BCUT2D eigenvalue weighted by atomic mass is 9.85. The van der Waals surface area contributed by atoms with E-state index in [2.05, 4.69) is 72.4 Å². The normalized spacial score (nSPS) is 15.6. The van der Waals surface area contributed by atoms with E-state index >= 15 is 0 Å². The number of piperidine rings is 1. The van der Waals surface area contributed by atoms with Crippen molar-refractivity contribution in [3.05, 3.63) is 71.8 Å². The van der Waals surface area contributed by atoms with Crippen LogP contribution in [0.2, 0.25) is 0 Å². The fourth-order valence-electron chi connectivity index (χ4n) is 6.15. The number of hydrogen-bond acceptors (Lipinski definition) is 8. The van der Waals surface area contributed by atoms with Gasteiger partial charge in [-0.05, 0) is 68.7 Å². The molecule has 1 saturated heterocycles. The Morgan fingerprint density at radius 3 is 2.00 bits per heavy atom. The average Bonchev–Trinajstić information content (AvgIpc) is 3.14. The number of nitrogens with two attached hydrogens (primary N) is 2. The van der Waals surface area contributed by atoms with Crippen molar-refractivity contribution >= 4 is 30.1 Å². The molecule has 2 unspecified atom stereocenters. The van der Waals surface area contributed by atoms with Gasteiger partial charge in [0, 0.05) is 31.5 Å². The molecule has 0 aliphatic carbocycles. The topological polar surface area (TPSA) is 209 Å². The van der Waals surface area contributed by atoms with E-state index < -0.39 is 41.4 Å². The first-order chi connectivity index (χ1) is 25.2. The SMILES string of the molecule is CC(C)C[C@@H](NC(=O)C(Cc1ccccc1)NC=O)C(=O)NC(CCCCN)C(=O)N1CCC(N)(C(=O)O)CC1.CCNCC(C)(C)c1ccccc1. The number of carbonyl (C=O) groups excluding carboxylic acids is 4. The maximum atomic E-state index is 13.5. The van der Waals surface area contributed by atoms with Crippen molar-refractivity contribution in [3.8, 4) is 0 Å². The summed E-state index contributed by atoms with van der Waals surface area (Å²) in [7, 11) is 0. The maximum Gasteiger partial charge on any atom is 0.323 e. The number of aliphatic carboxylic acids is 1. The van der Waals surface area contributed by atoms with Crippen LogP contribution in [0.4, 0.5) is 0 Å². The van der Waals surface area contributed by atoms with Gasteiger partial charge in [-0.2, -0.15) is 0 Å². The van der Waals surface area contributed by atoms with Gasteiger partial charge in [0.1, 0.15) is 23.7 Å². The van der Waals surface area contributed by atoms with Gasteiger partial charge < -0.3 is 42.7 Å². The van der Waals surface area contributed by atoms with Gasteiger partial charge in [-0.3, -0.25) is 24.0 Å². The third-order valence-corrected chi connectivity index (χ3v) is 9.54. The number of likely N-dealkylation sites (N-methyl/N-ethyl adjacent to an activating group) is 1. The second-order valence-corrected chi connectivity index (χ2v) is 14.9. The number of benzene rings is 2. The van der Waals surface area contributed by atoms with E-state index in [9.17, 15) is 29.1 Å². The highest BCUT2D eigenvalue weighted by atomic mass is 16.4. The standard InChI is InChI=1S/C28H44N6O6.C12H19N/c1-19(2)16-23(33-24(36)22(31-18-35)17-20-8-4-3-5-9-20)25(37)32-21(10-6-7-13-29)26(38)34-14-11-28(30,12-15-34)27(39)40;1-4-13-10-12(2,3)11-8-6-5-7-9-11/h3-5,8-9,18-19,21-23H,6-7,10-17,29-30H2,1-2H3,(H,31,35)(H,32,37)(H,33,36)(H,39,40);5-9,13H,4,10H2,1-3H3/t21?,22?,23-;/m1./s1. The lowest BCUT2D eigenvalue weighted by Crippen LogP contribution is -2.60. The molecule has 1 heterocycles. The van der Waals surface area contributed by atoms with Gasteiger partial charge in [-0.15, -0.1) is 0 Å². The molecule has 3 atom stereocenters. The Morgan fingerprint density at radius 1 is 0.906 bits per heavy atom. The Bertz CT molecular complexity index is 1420. The maximum absolute atomic E-state index is 13.5. The fraction of sp³-hybridized carbons (Fsp3) is 0.575. The second-order valence-electron chi connectivity index (χ2n) is 14.9. The van der Waals surface area contributed by atoms with E-state index in [0.717, 1.165) is 18.7 Å². The Hall–Kier alpha value is -4.33. The van der Waals surface area contributed by atoms with Gasteiger partial charge >= 0.3 is 5.97 Å². The number of nitrogens with zero attached hydrogens (tertiary/aromatic N) is 1. The van der Waals surface area contributed by atoms with E-state index in [0.29, 0.717) is 38.6 Å². The number of amides is 4. The molecule has 53 heavy (non-hydrogen) atoms. The summed E-state index contributed by atoms with van der Waals surface area (Å²) in [5, 5.41) is 20.9. The number of carboxylic acid groups (broad SMARTS) is 1. The first-order valence-corrected chi connectivity index (χ1v) is 18.8. The van der Waals surface area contributed by atoms with Crippen LogP contribution in [0.5, 0.6) is 0 Å². The van der Waals surface area contributed by atoms with Crippen molar-refractivity contribution in [1.29, 1.82) is 0 Å². The Labute approximate surface area is 315 Å². The third-order valence-electron chi connectivity index (χ3n) is 9.54. The van der Waals surface area contributed by atoms with Crippen molar-refractivity contribution in [3.63, 3.8) is 0 Å². The summed E-state index contributed by atoms with van der Waals surface area (Å²) in [4.78, 5) is 64.3. The van der Waals surface area contributed by atoms with Crippen LogP contribution < -0.4 is 32.7 Å². The van der Waals surface area contributed by atoms with Crippen LogP contribution in [-0.2, 0) is 35.8 Å². The molecule has 0 bridgehead atoms. The van der Waals surface area contributed by atoms with E-state index in [1.807, 2.05) is 44.2 Å². The Morgan fingerprint density at radius 2 is 1.47 bits per heavy atom. The Balaban J connectivity index is 0.000000626. The van der Waals surface area contributed by atoms with Crippen molar-refractivity contribution in [1.82, 2.24) is 26.2 Å². The molecule has 2 aromatic rings. The van der Waals surface area contributed by atoms with Crippen molar-refractivity contribution < 1.29 is 29.1 Å². The molecule has 0 spiro atoms. The lowest BCUT2D eigenvalue weighted by molar-refractivity contribution is -0.148. The monoisotopic (exact) mass is 737 g/mol. The fourth-order valence-corrected chi connectivity index (χ4v) is 6.15. The summed E-state index contributed by atoms with van der Waals surface area (Å²) in [6, 6.07) is 17.2. The summed E-state index contributed by atoms with van der Waals surface area (Å²) >= 11 is 0. The van der Waals surface area contributed by atoms with Crippen LogP contribution in [0.3, 0.4) is 0 Å². The minimum Gasteiger partial charge on any atom is -0.480 e. The van der Waals surface area contributed by atoms with Crippen LogP contribution in [0.25, 0.3) is 0 Å². The molecule has 3 rings (SSSR count). The van der Waals surface area contributed by atoms with E-state index in [4.69, 9.17) is 11.5 Å². The molecule has 0 saturated carbocycles. The van der Waals surface area contributed by atoms with Crippen molar-refractivity contribution in [2.45, 2.75) is 109 Å². The summed E-state index contributed by atoms with van der Waals surface area (Å²) in [5.74, 6) is -2.39. The molecule has 294 valence electrons. The summed E-state index contributed by atoms with van der Waals surface area (Å²) < 4.78 is 0. The molecular formula is C40H63N7O6. The smallest absolute Gasteiger partial charge is 0.323 e. The zero-order valence-electron chi connectivity index (χ0n) is 32.2. The zero-order valence-corrected chi connectivity index (χ0v) is 32.2. The predicted molar refractivity (Wildman–Crippen MR) is 208 cm³/mol. The zero-order chi connectivity index (χ0) is 39.4. The number of rotatable bonds is 20. The molecule has 13 nitrogen and oxygen atoms in total. The molecule has 0 aromatic heterocycles. The number of likely N-dealkylation sites (tertiary alicyclic amines) is 1. The number of carbonyl (C=O) groups is 5. The predicted octanol–water partition coefficient (Wildman–Crippen LogP) is 2.47. The quantitative estimate of drug-likeness (QED) is 0.0786. The van der Waals surface area contributed by atoms with E-state index in [1.54, 1.807) is 0 Å². The Kier molecular flexibility index (Phi) is 19.2. The van der Waals surface area contributed by atoms with Crippen LogP contribution in [0, 0.1) is 5.92 Å². The highest BCUT2D eigenvalue weighted by Gasteiger charge is 2.40. The van der Waals surface area contributed by atoms with E-state index in [-0.39, 0.29) is 49.6 Å². The molecule has 4 amide bonds. The largest absolute Gasteiger partial charge is 0.480 e.